The Balaban J connectivity index is 2.56. The maximum Gasteiger partial charge on any atom is 0.124 e. The third-order valence-electron chi connectivity index (χ3n) is 3.17. The lowest BCUT2D eigenvalue weighted by molar-refractivity contribution is 0.409. The summed E-state index contributed by atoms with van der Waals surface area (Å²) in [5, 5.41) is 17.3. The van der Waals surface area contributed by atoms with Crippen molar-refractivity contribution in [3.8, 4) is 11.8 Å². The summed E-state index contributed by atoms with van der Waals surface area (Å²) in [7, 11) is 1.61. The van der Waals surface area contributed by atoms with E-state index in [0.29, 0.717) is 11.4 Å². The molecule has 1 aromatic carbocycles. The van der Waals surface area contributed by atoms with Crippen LogP contribution in [-0.4, -0.2) is 17.3 Å². The van der Waals surface area contributed by atoms with Crippen molar-refractivity contribution in [2.75, 3.05) is 7.11 Å². The number of aryl methyl sites for hydroxylation is 2. The molecule has 0 radical (unpaired) electrons. The van der Waals surface area contributed by atoms with Gasteiger partial charge in [0.2, 0.25) is 0 Å². The zero-order chi connectivity index (χ0) is 13.8. The predicted octanol–water partition coefficient (Wildman–Crippen LogP) is 2.76. The van der Waals surface area contributed by atoms with Crippen molar-refractivity contribution in [1.29, 1.82) is 5.26 Å². The second-order valence-electron chi connectivity index (χ2n) is 4.39. The van der Waals surface area contributed by atoms with E-state index in [2.05, 4.69) is 16.3 Å². The van der Waals surface area contributed by atoms with Gasteiger partial charge in [-0.15, -0.1) is 0 Å². The van der Waals surface area contributed by atoms with Crippen LogP contribution in [0.5, 0.6) is 5.75 Å². The van der Waals surface area contributed by atoms with Crippen LogP contribution in [0.1, 0.15) is 28.3 Å². The average Bonchev–Trinajstić information content (AvgIpc) is 2.44. The number of nitrogens with zero attached hydrogens (tertiary/aromatic N) is 3. The SMILES string of the molecule is COc1cc(C)c(C)cc1C(C#N)c1cccnn1. The second-order valence-corrected chi connectivity index (χ2v) is 4.39. The quantitative estimate of drug-likeness (QED) is 0.844. The standard InChI is InChI=1S/C15H15N3O/c1-10-7-12(15(19-3)8-11(10)2)13(9-16)14-5-4-6-17-18-14/h4-8,13H,1-3H3. The Morgan fingerprint density at radius 2 is 2.00 bits per heavy atom. The summed E-state index contributed by atoms with van der Waals surface area (Å²) in [6.07, 6.45) is 1.59. The second kappa shape index (κ2) is 5.49. The van der Waals surface area contributed by atoms with Gasteiger partial charge in [0.25, 0.3) is 0 Å². The minimum Gasteiger partial charge on any atom is -0.496 e. The highest BCUT2D eigenvalue weighted by atomic mass is 16.5. The first-order valence-electron chi connectivity index (χ1n) is 5.99. The van der Waals surface area contributed by atoms with E-state index < -0.39 is 5.92 Å². The lowest BCUT2D eigenvalue weighted by Crippen LogP contribution is -2.05. The largest absolute Gasteiger partial charge is 0.496 e. The highest BCUT2D eigenvalue weighted by molar-refractivity contribution is 5.48. The lowest BCUT2D eigenvalue weighted by Gasteiger charge is -2.15. The number of benzene rings is 1. The van der Waals surface area contributed by atoms with Gasteiger partial charge in [0.1, 0.15) is 11.7 Å². The van der Waals surface area contributed by atoms with E-state index in [1.165, 1.54) is 0 Å². The van der Waals surface area contributed by atoms with Gasteiger partial charge in [0.15, 0.2) is 0 Å². The molecule has 0 aliphatic rings. The monoisotopic (exact) mass is 253 g/mol. The topological polar surface area (TPSA) is 58.8 Å². The van der Waals surface area contributed by atoms with E-state index in [1.54, 1.807) is 25.4 Å². The van der Waals surface area contributed by atoms with E-state index in [-0.39, 0.29) is 0 Å². The van der Waals surface area contributed by atoms with Crippen LogP contribution >= 0.6 is 0 Å². The third kappa shape index (κ3) is 2.55. The smallest absolute Gasteiger partial charge is 0.124 e. The van der Waals surface area contributed by atoms with Crippen molar-refractivity contribution in [2.24, 2.45) is 0 Å². The molecule has 1 aromatic heterocycles. The molecule has 4 nitrogen and oxygen atoms in total. The van der Waals surface area contributed by atoms with Crippen LogP contribution in [0, 0.1) is 25.2 Å². The van der Waals surface area contributed by atoms with Crippen LogP contribution in [-0.2, 0) is 0 Å². The van der Waals surface area contributed by atoms with Crippen LogP contribution in [0.15, 0.2) is 30.5 Å². The first-order valence-corrected chi connectivity index (χ1v) is 5.99. The number of hydrogen-bond donors (Lipinski definition) is 0. The number of aromatic nitrogens is 2. The number of hydrogen-bond acceptors (Lipinski definition) is 4. The average molecular weight is 253 g/mol. The van der Waals surface area contributed by atoms with Gasteiger partial charge in [-0.25, -0.2) is 0 Å². The third-order valence-corrected chi connectivity index (χ3v) is 3.17. The van der Waals surface area contributed by atoms with Gasteiger partial charge in [0.05, 0.1) is 18.9 Å². The summed E-state index contributed by atoms with van der Waals surface area (Å²) in [5.74, 6) is 0.239. The van der Waals surface area contributed by atoms with E-state index in [1.807, 2.05) is 26.0 Å². The first kappa shape index (κ1) is 13.0. The molecule has 0 aliphatic heterocycles. The van der Waals surface area contributed by atoms with Crippen molar-refractivity contribution in [1.82, 2.24) is 10.2 Å². The molecule has 1 heterocycles. The number of ether oxygens (including phenoxy) is 1. The Hall–Kier alpha value is -2.41. The molecule has 0 fully saturated rings. The minimum absolute atomic E-state index is 0.469. The van der Waals surface area contributed by atoms with E-state index in [0.717, 1.165) is 16.7 Å². The maximum atomic E-state index is 9.44. The van der Waals surface area contributed by atoms with Gasteiger partial charge in [-0.2, -0.15) is 15.5 Å². The van der Waals surface area contributed by atoms with Crippen LogP contribution in [0.2, 0.25) is 0 Å². The minimum atomic E-state index is -0.469. The molecule has 1 atom stereocenters. The summed E-state index contributed by atoms with van der Waals surface area (Å²) in [4.78, 5) is 0. The molecule has 2 aromatic rings. The van der Waals surface area contributed by atoms with Gasteiger partial charge in [-0.05, 0) is 43.2 Å². The number of methoxy groups -OCH3 is 1. The fourth-order valence-corrected chi connectivity index (χ4v) is 1.98. The summed E-state index contributed by atoms with van der Waals surface area (Å²) < 4.78 is 5.39. The fourth-order valence-electron chi connectivity index (χ4n) is 1.98. The molecule has 0 bridgehead atoms. The van der Waals surface area contributed by atoms with Gasteiger partial charge in [-0.1, -0.05) is 6.07 Å². The molecule has 0 spiro atoms. The van der Waals surface area contributed by atoms with Crippen molar-refractivity contribution < 1.29 is 4.74 Å². The van der Waals surface area contributed by atoms with Gasteiger partial charge in [-0.3, -0.25) is 0 Å². The lowest BCUT2D eigenvalue weighted by atomic mass is 9.93. The van der Waals surface area contributed by atoms with Crippen LogP contribution in [0.3, 0.4) is 0 Å². The molecule has 19 heavy (non-hydrogen) atoms. The Labute approximate surface area is 112 Å². The molecule has 0 saturated heterocycles. The van der Waals surface area contributed by atoms with Gasteiger partial charge in [0, 0.05) is 11.8 Å². The zero-order valence-electron chi connectivity index (χ0n) is 11.2. The Morgan fingerprint density at radius 1 is 1.26 bits per heavy atom. The Bertz CT molecular complexity index is 617. The normalized spacial score (nSPS) is 11.7. The molecule has 0 saturated carbocycles. The van der Waals surface area contributed by atoms with Crippen LogP contribution < -0.4 is 4.74 Å². The van der Waals surface area contributed by atoms with Gasteiger partial charge >= 0.3 is 0 Å². The molecule has 0 amide bonds. The highest BCUT2D eigenvalue weighted by Crippen LogP contribution is 2.32. The van der Waals surface area contributed by atoms with Crippen molar-refractivity contribution in [3.05, 3.63) is 52.8 Å². The van der Waals surface area contributed by atoms with E-state index >= 15 is 0 Å². The van der Waals surface area contributed by atoms with Crippen molar-refractivity contribution in [3.63, 3.8) is 0 Å². The van der Waals surface area contributed by atoms with Crippen LogP contribution in [0.4, 0.5) is 0 Å². The summed E-state index contributed by atoms with van der Waals surface area (Å²) in [6.45, 7) is 4.04. The summed E-state index contributed by atoms with van der Waals surface area (Å²) >= 11 is 0. The summed E-state index contributed by atoms with van der Waals surface area (Å²) in [5.41, 5.74) is 3.72. The molecule has 1 unspecified atom stereocenters. The molecule has 2 rings (SSSR count). The van der Waals surface area contributed by atoms with Gasteiger partial charge < -0.3 is 4.74 Å². The fraction of sp³-hybridized carbons (Fsp3) is 0.267. The van der Waals surface area contributed by atoms with Crippen molar-refractivity contribution >= 4 is 0 Å². The Morgan fingerprint density at radius 3 is 2.58 bits per heavy atom. The molecular formula is C15H15N3O. The first-order chi connectivity index (χ1) is 9.17. The number of rotatable bonds is 3. The van der Waals surface area contributed by atoms with E-state index in [9.17, 15) is 5.26 Å². The molecule has 96 valence electrons. The zero-order valence-corrected chi connectivity index (χ0v) is 11.2. The summed E-state index contributed by atoms with van der Waals surface area (Å²) in [6, 6.07) is 9.79. The predicted molar refractivity (Wildman–Crippen MR) is 72.0 cm³/mol. The van der Waals surface area contributed by atoms with E-state index in [4.69, 9.17) is 4.74 Å². The highest BCUT2D eigenvalue weighted by Gasteiger charge is 2.20. The number of nitriles is 1. The molecule has 4 heteroatoms. The molecule has 0 N–H and O–H groups in total. The molecular weight excluding hydrogens is 238 g/mol. The maximum absolute atomic E-state index is 9.44. The van der Waals surface area contributed by atoms with Crippen molar-refractivity contribution in [2.45, 2.75) is 19.8 Å². The Kier molecular flexibility index (Phi) is 3.76. The molecule has 0 aliphatic carbocycles. The van der Waals surface area contributed by atoms with Crippen LogP contribution in [0.25, 0.3) is 0 Å².